The second-order valence-electron chi connectivity index (χ2n) is 6.49. The molecule has 0 aliphatic heterocycles. The Balaban J connectivity index is 2.14. The lowest BCUT2D eigenvalue weighted by molar-refractivity contribution is -0.144. The second kappa shape index (κ2) is 8.25. The number of ether oxygens (including phenoxy) is 1. The molecule has 0 bridgehead atoms. The first-order chi connectivity index (χ1) is 13.1. The zero-order valence-electron chi connectivity index (χ0n) is 16.1. The molecule has 0 aliphatic carbocycles. The van der Waals surface area contributed by atoms with Gasteiger partial charge in [0.05, 0.1) is 0 Å². The number of nitrogens with zero attached hydrogens (tertiary/aromatic N) is 1. The smallest absolute Gasteiger partial charge is 0.336 e. The number of hydrogen-bond acceptors (Lipinski definition) is 5. The Hall–Kier alpha value is -2.82. The molecule has 0 unspecified atom stereocenters. The lowest BCUT2D eigenvalue weighted by Crippen LogP contribution is -2.21. The monoisotopic (exact) mass is 367 g/mol. The van der Waals surface area contributed by atoms with Gasteiger partial charge in [-0.1, -0.05) is 31.2 Å². The molecule has 2 aromatic carbocycles. The van der Waals surface area contributed by atoms with E-state index in [2.05, 4.69) is 24.8 Å². The molecule has 0 saturated carbocycles. The zero-order valence-corrected chi connectivity index (χ0v) is 16.1. The van der Waals surface area contributed by atoms with Gasteiger partial charge in [0.15, 0.2) is 0 Å². The van der Waals surface area contributed by atoms with Crippen LogP contribution in [0.2, 0.25) is 0 Å². The highest BCUT2D eigenvalue weighted by Gasteiger charge is 2.14. The van der Waals surface area contributed by atoms with Crippen LogP contribution in [0.15, 0.2) is 45.6 Å². The third-order valence-electron chi connectivity index (χ3n) is 4.78. The van der Waals surface area contributed by atoms with Crippen molar-refractivity contribution in [1.82, 2.24) is 0 Å². The molecule has 0 spiro atoms. The molecule has 0 radical (unpaired) electrons. The molecule has 5 nitrogen and oxygen atoms in total. The minimum atomic E-state index is -0.440. The SMILES string of the molecule is CCCC(=O)OCc1cc(=O)oc2c1ccc1c(N(CC)CC)cccc12. The summed E-state index contributed by atoms with van der Waals surface area (Å²) >= 11 is 0. The van der Waals surface area contributed by atoms with Crippen molar-refractivity contribution in [1.29, 1.82) is 0 Å². The third-order valence-corrected chi connectivity index (χ3v) is 4.78. The average Bonchev–Trinajstić information content (AvgIpc) is 2.67. The fourth-order valence-electron chi connectivity index (χ4n) is 3.42. The lowest BCUT2D eigenvalue weighted by atomic mass is 10.0. The maximum atomic E-state index is 12.1. The van der Waals surface area contributed by atoms with Gasteiger partial charge in [-0.05, 0) is 26.3 Å². The summed E-state index contributed by atoms with van der Waals surface area (Å²) in [5, 5.41) is 2.72. The van der Waals surface area contributed by atoms with Gasteiger partial charge in [0.1, 0.15) is 12.2 Å². The standard InChI is InChI=1S/C22H25NO4/c1-4-8-20(24)26-14-15-13-21(25)27-22-16(15)11-12-17-18(22)9-7-10-19(17)23(5-2)6-3/h7,9-13H,4-6,8,14H2,1-3H3. The van der Waals surface area contributed by atoms with Gasteiger partial charge in [-0.15, -0.1) is 0 Å². The number of rotatable bonds is 7. The third kappa shape index (κ3) is 3.82. The maximum absolute atomic E-state index is 12.1. The van der Waals surface area contributed by atoms with Crippen molar-refractivity contribution in [3.63, 3.8) is 0 Å². The predicted molar refractivity (Wildman–Crippen MR) is 108 cm³/mol. The molecule has 3 rings (SSSR count). The second-order valence-corrected chi connectivity index (χ2v) is 6.49. The van der Waals surface area contributed by atoms with E-state index >= 15 is 0 Å². The van der Waals surface area contributed by atoms with Crippen molar-refractivity contribution in [3.05, 3.63) is 52.4 Å². The van der Waals surface area contributed by atoms with Crippen molar-refractivity contribution in [2.45, 2.75) is 40.2 Å². The first-order valence-corrected chi connectivity index (χ1v) is 9.48. The van der Waals surface area contributed by atoms with Crippen LogP contribution in [-0.2, 0) is 16.1 Å². The Morgan fingerprint density at radius 3 is 2.48 bits per heavy atom. The van der Waals surface area contributed by atoms with Crippen LogP contribution in [0, 0.1) is 0 Å². The Morgan fingerprint density at radius 2 is 1.78 bits per heavy atom. The molecule has 3 aromatic rings. The van der Waals surface area contributed by atoms with Gasteiger partial charge in [-0.3, -0.25) is 4.79 Å². The van der Waals surface area contributed by atoms with E-state index in [1.165, 1.54) is 6.07 Å². The van der Waals surface area contributed by atoms with Crippen LogP contribution < -0.4 is 10.5 Å². The van der Waals surface area contributed by atoms with Gasteiger partial charge in [0.25, 0.3) is 0 Å². The molecular formula is C22H25NO4. The molecule has 0 fully saturated rings. The fourth-order valence-corrected chi connectivity index (χ4v) is 3.42. The largest absolute Gasteiger partial charge is 0.461 e. The van der Waals surface area contributed by atoms with E-state index in [1.54, 1.807) is 0 Å². The Bertz CT molecular complexity index is 1020. The van der Waals surface area contributed by atoms with Crippen LogP contribution in [0.3, 0.4) is 0 Å². The first-order valence-electron chi connectivity index (χ1n) is 9.48. The van der Waals surface area contributed by atoms with Crippen molar-refractivity contribution in [3.8, 4) is 0 Å². The van der Waals surface area contributed by atoms with Gasteiger partial charge in [0, 0.05) is 53.0 Å². The summed E-state index contributed by atoms with van der Waals surface area (Å²) in [7, 11) is 0. The van der Waals surface area contributed by atoms with E-state index < -0.39 is 5.63 Å². The number of carbonyl (C=O) groups is 1. The highest BCUT2D eigenvalue weighted by atomic mass is 16.5. The summed E-state index contributed by atoms with van der Waals surface area (Å²) in [6.07, 6.45) is 1.10. The van der Waals surface area contributed by atoms with Crippen molar-refractivity contribution < 1.29 is 13.9 Å². The molecule has 0 atom stereocenters. The highest BCUT2D eigenvalue weighted by molar-refractivity contribution is 6.09. The van der Waals surface area contributed by atoms with Crippen LogP contribution in [0.4, 0.5) is 5.69 Å². The Labute approximate surface area is 158 Å². The Kier molecular flexibility index (Phi) is 5.79. The zero-order chi connectivity index (χ0) is 19.4. The van der Waals surface area contributed by atoms with E-state index in [9.17, 15) is 9.59 Å². The molecule has 5 heteroatoms. The molecule has 27 heavy (non-hydrogen) atoms. The molecule has 142 valence electrons. The summed E-state index contributed by atoms with van der Waals surface area (Å²) in [6.45, 7) is 8.02. The number of esters is 1. The van der Waals surface area contributed by atoms with E-state index in [1.807, 2.05) is 31.2 Å². The first kappa shape index (κ1) is 19.0. The Morgan fingerprint density at radius 1 is 1.04 bits per heavy atom. The number of benzene rings is 2. The van der Waals surface area contributed by atoms with Gasteiger partial charge in [-0.25, -0.2) is 4.79 Å². The topological polar surface area (TPSA) is 59.8 Å². The van der Waals surface area contributed by atoms with Gasteiger partial charge in [-0.2, -0.15) is 0 Å². The van der Waals surface area contributed by atoms with Gasteiger partial charge < -0.3 is 14.1 Å². The van der Waals surface area contributed by atoms with Crippen molar-refractivity contribution >= 4 is 33.4 Å². The van der Waals surface area contributed by atoms with E-state index in [0.717, 1.165) is 41.4 Å². The summed E-state index contributed by atoms with van der Waals surface area (Å²) in [4.78, 5) is 26.1. The van der Waals surface area contributed by atoms with Crippen molar-refractivity contribution in [2.24, 2.45) is 0 Å². The molecule has 0 amide bonds. The molecular weight excluding hydrogens is 342 g/mol. The number of carbonyl (C=O) groups excluding carboxylic acids is 1. The molecule has 1 aromatic heterocycles. The molecule has 0 N–H and O–H groups in total. The van der Waals surface area contributed by atoms with Crippen LogP contribution in [0.25, 0.3) is 21.7 Å². The van der Waals surface area contributed by atoms with E-state index in [0.29, 0.717) is 17.6 Å². The average molecular weight is 367 g/mol. The minimum absolute atomic E-state index is 0.0716. The summed E-state index contributed by atoms with van der Waals surface area (Å²) in [5.74, 6) is -0.261. The predicted octanol–water partition coefficient (Wildman–Crippen LogP) is 4.64. The van der Waals surface area contributed by atoms with E-state index in [-0.39, 0.29) is 12.6 Å². The maximum Gasteiger partial charge on any atom is 0.336 e. The van der Waals surface area contributed by atoms with Gasteiger partial charge >= 0.3 is 11.6 Å². The molecule has 1 heterocycles. The minimum Gasteiger partial charge on any atom is -0.461 e. The number of anilines is 1. The summed E-state index contributed by atoms with van der Waals surface area (Å²) in [5.41, 5.74) is 1.88. The van der Waals surface area contributed by atoms with E-state index in [4.69, 9.17) is 9.15 Å². The normalized spacial score (nSPS) is 11.1. The highest BCUT2D eigenvalue weighted by Crippen LogP contribution is 2.33. The molecule has 0 saturated heterocycles. The molecule has 0 aliphatic rings. The number of fused-ring (bicyclic) bond motifs is 3. The van der Waals surface area contributed by atoms with Crippen LogP contribution in [0.5, 0.6) is 0 Å². The summed E-state index contributed by atoms with van der Waals surface area (Å²) in [6, 6.07) is 11.4. The van der Waals surface area contributed by atoms with Crippen molar-refractivity contribution in [2.75, 3.05) is 18.0 Å². The quantitative estimate of drug-likeness (QED) is 0.346. The van der Waals surface area contributed by atoms with Crippen LogP contribution >= 0.6 is 0 Å². The fraction of sp³-hybridized carbons (Fsp3) is 0.364. The van der Waals surface area contributed by atoms with Gasteiger partial charge in [0.2, 0.25) is 0 Å². The lowest BCUT2D eigenvalue weighted by Gasteiger charge is -2.23. The van der Waals surface area contributed by atoms with Crippen LogP contribution in [0.1, 0.15) is 39.2 Å². The number of hydrogen-bond donors (Lipinski definition) is 0. The summed E-state index contributed by atoms with van der Waals surface area (Å²) < 4.78 is 10.9. The van der Waals surface area contributed by atoms with Crippen LogP contribution in [-0.4, -0.2) is 19.1 Å².